The van der Waals surface area contributed by atoms with Crippen molar-refractivity contribution in [2.24, 2.45) is 0 Å². The average Bonchev–Trinajstić information content (AvgIpc) is 2.44. The van der Waals surface area contributed by atoms with Crippen LogP contribution < -0.4 is 5.32 Å². The number of aryl methyl sites for hydroxylation is 1. The van der Waals surface area contributed by atoms with E-state index in [0.29, 0.717) is 16.7 Å². The van der Waals surface area contributed by atoms with Crippen LogP contribution in [0, 0.1) is 0 Å². The average molecular weight is 266 g/mol. The van der Waals surface area contributed by atoms with Gasteiger partial charge in [-0.15, -0.1) is 0 Å². The van der Waals surface area contributed by atoms with Crippen LogP contribution in [0.2, 0.25) is 5.02 Å². The Labute approximate surface area is 113 Å². The number of phenols is 1. The Kier molecular flexibility index (Phi) is 3.49. The lowest BCUT2D eigenvalue weighted by molar-refractivity contribution is 0.424. The van der Waals surface area contributed by atoms with E-state index in [2.05, 4.69) is 11.4 Å². The number of hydrogen-bond donors (Lipinski definition) is 2. The van der Waals surface area contributed by atoms with Gasteiger partial charge >= 0.3 is 0 Å². The molecule has 1 aliphatic heterocycles. The maximum absolute atomic E-state index is 10.3. The number of halogens is 1. The van der Waals surface area contributed by atoms with Crippen LogP contribution in [0.3, 0.4) is 0 Å². The highest BCUT2D eigenvalue weighted by Gasteiger charge is 2.24. The number of hydrogen-bond acceptors (Lipinski definition) is 2. The molecule has 1 fully saturated rings. The molecule has 0 amide bonds. The first-order valence-electron chi connectivity index (χ1n) is 7.01. The topological polar surface area (TPSA) is 32.3 Å². The molecule has 2 aliphatic rings. The van der Waals surface area contributed by atoms with Crippen LogP contribution in [0.15, 0.2) is 6.07 Å². The summed E-state index contributed by atoms with van der Waals surface area (Å²) in [5, 5.41) is 14.4. The summed E-state index contributed by atoms with van der Waals surface area (Å²) in [6.45, 7) is 2.05. The Hall–Kier alpha value is -0.730. The smallest absolute Gasteiger partial charge is 0.137 e. The van der Waals surface area contributed by atoms with E-state index in [4.69, 9.17) is 11.6 Å². The molecule has 1 aromatic carbocycles. The lowest BCUT2D eigenvalue weighted by Gasteiger charge is -2.27. The van der Waals surface area contributed by atoms with Crippen molar-refractivity contribution in [2.45, 2.75) is 44.4 Å². The molecule has 1 aliphatic carbocycles. The summed E-state index contributed by atoms with van der Waals surface area (Å²) < 4.78 is 0. The molecule has 98 valence electrons. The van der Waals surface area contributed by atoms with Crippen molar-refractivity contribution < 1.29 is 5.11 Å². The molecule has 0 radical (unpaired) electrons. The number of rotatable bonds is 1. The minimum absolute atomic E-state index is 0.339. The van der Waals surface area contributed by atoms with Gasteiger partial charge in [0.05, 0.1) is 5.02 Å². The molecular formula is C15H20ClNO. The second-order valence-electron chi connectivity index (χ2n) is 5.52. The van der Waals surface area contributed by atoms with Crippen LogP contribution in [-0.4, -0.2) is 18.2 Å². The second kappa shape index (κ2) is 5.10. The lowest BCUT2D eigenvalue weighted by Crippen LogP contribution is -2.28. The highest BCUT2D eigenvalue weighted by molar-refractivity contribution is 6.33. The van der Waals surface area contributed by atoms with E-state index in [9.17, 15) is 5.11 Å². The third kappa shape index (κ3) is 2.12. The zero-order valence-corrected chi connectivity index (χ0v) is 11.4. The monoisotopic (exact) mass is 265 g/mol. The normalized spacial score (nSPS) is 23.7. The predicted molar refractivity (Wildman–Crippen MR) is 74.6 cm³/mol. The fraction of sp³-hybridized carbons (Fsp3) is 0.600. The number of aromatic hydroxyl groups is 1. The number of piperidine rings is 1. The minimum Gasteiger partial charge on any atom is -0.506 e. The van der Waals surface area contributed by atoms with Gasteiger partial charge in [-0.25, -0.2) is 0 Å². The van der Waals surface area contributed by atoms with Crippen molar-refractivity contribution in [3.05, 3.63) is 27.8 Å². The molecule has 0 spiro atoms. The highest BCUT2D eigenvalue weighted by Crippen LogP contribution is 2.41. The summed E-state index contributed by atoms with van der Waals surface area (Å²) in [5.74, 6) is 0.759. The van der Waals surface area contributed by atoms with E-state index in [1.807, 2.05) is 0 Å². The van der Waals surface area contributed by atoms with Gasteiger partial charge in [-0.1, -0.05) is 17.7 Å². The molecule has 1 unspecified atom stereocenters. The number of nitrogens with one attached hydrogen (secondary N) is 1. The molecule has 2 nitrogen and oxygen atoms in total. The van der Waals surface area contributed by atoms with E-state index in [1.165, 1.54) is 30.4 Å². The summed E-state index contributed by atoms with van der Waals surface area (Å²) in [6, 6.07) is 2.22. The fourth-order valence-corrected chi connectivity index (χ4v) is 3.62. The van der Waals surface area contributed by atoms with Crippen LogP contribution >= 0.6 is 11.6 Å². The zero-order valence-electron chi connectivity index (χ0n) is 10.6. The number of fused-ring (bicyclic) bond motifs is 1. The highest BCUT2D eigenvalue weighted by atomic mass is 35.5. The minimum atomic E-state index is 0.339. The largest absolute Gasteiger partial charge is 0.506 e. The molecule has 18 heavy (non-hydrogen) atoms. The molecule has 3 heteroatoms. The first-order valence-corrected chi connectivity index (χ1v) is 7.39. The molecule has 1 atom stereocenters. The van der Waals surface area contributed by atoms with Gasteiger partial charge in [-0.05, 0) is 56.2 Å². The molecule has 0 aromatic heterocycles. The zero-order chi connectivity index (χ0) is 12.5. The predicted octanol–water partition coefficient (Wildman–Crippen LogP) is 3.39. The Balaban J connectivity index is 2.01. The van der Waals surface area contributed by atoms with E-state index in [-0.39, 0.29) is 0 Å². The lowest BCUT2D eigenvalue weighted by atomic mass is 9.84. The Morgan fingerprint density at radius 2 is 2.06 bits per heavy atom. The van der Waals surface area contributed by atoms with E-state index >= 15 is 0 Å². The summed E-state index contributed by atoms with van der Waals surface area (Å²) in [6.07, 6.45) is 6.90. The first-order chi connectivity index (χ1) is 8.77. The summed E-state index contributed by atoms with van der Waals surface area (Å²) in [7, 11) is 0. The third-order valence-corrected chi connectivity index (χ3v) is 4.73. The molecule has 3 rings (SSSR count). The Morgan fingerprint density at radius 1 is 1.22 bits per heavy atom. The Morgan fingerprint density at radius 3 is 2.83 bits per heavy atom. The van der Waals surface area contributed by atoms with Gasteiger partial charge in [0.2, 0.25) is 0 Å². The van der Waals surface area contributed by atoms with Crippen molar-refractivity contribution in [3.63, 3.8) is 0 Å². The van der Waals surface area contributed by atoms with Crippen LogP contribution in [-0.2, 0) is 12.8 Å². The van der Waals surface area contributed by atoms with Crippen molar-refractivity contribution in [3.8, 4) is 5.75 Å². The molecule has 2 N–H and O–H groups in total. The quantitative estimate of drug-likeness (QED) is 0.816. The van der Waals surface area contributed by atoms with Crippen LogP contribution in [0.5, 0.6) is 5.75 Å². The van der Waals surface area contributed by atoms with Gasteiger partial charge in [0.25, 0.3) is 0 Å². The van der Waals surface area contributed by atoms with Crippen LogP contribution in [0.1, 0.15) is 48.3 Å². The van der Waals surface area contributed by atoms with E-state index < -0.39 is 0 Å². The van der Waals surface area contributed by atoms with Gasteiger partial charge in [-0.3, -0.25) is 0 Å². The second-order valence-corrected chi connectivity index (χ2v) is 5.89. The third-order valence-electron chi connectivity index (χ3n) is 4.32. The van der Waals surface area contributed by atoms with Crippen molar-refractivity contribution >= 4 is 11.6 Å². The van der Waals surface area contributed by atoms with Gasteiger partial charge in [0.15, 0.2) is 0 Å². The van der Waals surface area contributed by atoms with Gasteiger partial charge < -0.3 is 10.4 Å². The first kappa shape index (κ1) is 12.3. The standard InChI is InChI=1S/C15H20ClNO/c16-14-12-6-2-1-4-10(12)8-13(15(14)18)11-5-3-7-17-9-11/h8,11,17-18H,1-7,9H2. The maximum atomic E-state index is 10.3. The summed E-state index contributed by atoms with van der Waals surface area (Å²) >= 11 is 6.37. The van der Waals surface area contributed by atoms with Crippen molar-refractivity contribution in [1.82, 2.24) is 5.32 Å². The van der Waals surface area contributed by atoms with Gasteiger partial charge in [-0.2, -0.15) is 0 Å². The van der Waals surface area contributed by atoms with E-state index in [0.717, 1.165) is 37.9 Å². The fourth-order valence-electron chi connectivity index (χ4n) is 3.29. The van der Waals surface area contributed by atoms with Crippen molar-refractivity contribution in [1.29, 1.82) is 0 Å². The molecule has 1 aromatic rings. The number of phenolic OH excluding ortho intramolecular Hbond substituents is 1. The van der Waals surface area contributed by atoms with Gasteiger partial charge in [0, 0.05) is 18.0 Å². The van der Waals surface area contributed by atoms with Crippen LogP contribution in [0.4, 0.5) is 0 Å². The molecule has 1 saturated heterocycles. The maximum Gasteiger partial charge on any atom is 0.137 e. The molecular weight excluding hydrogens is 246 g/mol. The summed E-state index contributed by atoms with van der Waals surface area (Å²) in [4.78, 5) is 0. The number of benzene rings is 1. The van der Waals surface area contributed by atoms with Crippen LogP contribution in [0.25, 0.3) is 0 Å². The molecule has 0 bridgehead atoms. The van der Waals surface area contributed by atoms with Gasteiger partial charge in [0.1, 0.15) is 5.75 Å². The van der Waals surface area contributed by atoms with E-state index in [1.54, 1.807) is 0 Å². The molecule has 1 heterocycles. The Bertz CT molecular complexity index is 452. The van der Waals surface area contributed by atoms with Crippen molar-refractivity contribution in [2.75, 3.05) is 13.1 Å². The molecule has 0 saturated carbocycles. The SMILES string of the molecule is Oc1c(C2CCCNC2)cc2c(c1Cl)CCCC2. The summed E-state index contributed by atoms with van der Waals surface area (Å²) in [5.41, 5.74) is 3.62.